The Labute approximate surface area is 150 Å². The first-order valence-electron chi connectivity index (χ1n) is 9.30. The summed E-state index contributed by atoms with van der Waals surface area (Å²) in [5, 5.41) is 17.5. The van der Waals surface area contributed by atoms with Crippen molar-refractivity contribution >= 4 is 5.91 Å². The maximum atomic E-state index is 12.6. The van der Waals surface area contributed by atoms with Crippen LogP contribution in [0.15, 0.2) is 0 Å². The Bertz CT molecular complexity index is 475. The van der Waals surface area contributed by atoms with Crippen LogP contribution in [0.5, 0.6) is 0 Å². The molecule has 2 aliphatic heterocycles. The maximum Gasteiger partial charge on any atom is 0.236 e. The van der Waals surface area contributed by atoms with Crippen molar-refractivity contribution in [2.45, 2.75) is 38.1 Å². The number of hydrogen-bond donors (Lipinski definition) is 0. The van der Waals surface area contributed by atoms with E-state index in [9.17, 15) is 4.79 Å². The number of morpholine rings is 1. The Balaban J connectivity index is 1.81. The van der Waals surface area contributed by atoms with E-state index in [0.29, 0.717) is 38.5 Å². The third-order valence-corrected chi connectivity index (χ3v) is 5.05. The van der Waals surface area contributed by atoms with Crippen molar-refractivity contribution in [1.29, 1.82) is 10.5 Å². The number of amides is 1. The van der Waals surface area contributed by atoms with Gasteiger partial charge in [-0.25, -0.2) is 0 Å². The molecule has 0 spiro atoms. The van der Waals surface area contributed by atoms with Crippen LogP contribution in [0.3, 0.4) is 0 Å². The highest BCUT2D eigenvalue weighted by Gasteiger charge is 2.25. The molecule has 2 rings (SSSR count). The Morgan fingerprint density at radius 2 is 1.72 bits per heavy atom. The maximum absolute atomic E-state index is 12.6. The van der Waals surface area contributed by atoms with E-state index in [1.807, 2.05) is 0 Å². The van der Waals surface area contributed by atoms with Gasteiger partial charge in [0.1, 0.15) is 0 Å². The van der Waals surface area contributed by atoms with Crippen molar-refractivity contribution in [2.24, 2.45) is 0 Å². The third kappa shape index (κ3) is 6.62. The van der Waals surface area contributed by atoms with E-state index in [2.05, 4.69) is 21.9 Å². The Kier molecular flexibility index (Phi) is 8.68. The molecule has 2 heterocycles. The summed E-state index contributed by atoms with van der Waals surface area (Å²) < 4.78 is 5.44. The number of nitrogens with zero attached hydrogens (tertiary/aromatic N) is 5. The molecular formula is C18H29N5O2. The zero-order chi connectivity index (χ0) is 17.9. The minimum Gasteiger partial charge on any atom is -0.379 e. The van der Waals surface area contributed by atoms with E-state index in [1.165, 1.54) is 6.42 Å². The number of nitriles is 2. The quantitative estimate of drug-likeness (QED) is 0.678. The van der Waals surface area contributed by atoms with Gasteiger partial charge in [-0.3, -0.25) is 14.6 Å². The van der Waals surface area contributed by atoms with Crippen molar-refractivity contribution in [3.05, 3.63) is 0 Å². The van der Waals surface area contributed by atoms with Crippen LogP contribution in [-0.2, 0) is 9.53 Å². The number of ether oxygens (including phenoxy) is 1. The van der Waals surface area contributed by atoms with Crippen LogP contribution in [0.25, 0.3) is 0 Å². The normalized spacial score (nSPS) is 22.6. The third-order valence-electron chi connectivity index (χ3n) is 5.05. The molecule has 1 atom stereocenters. The summed E-state index contributed by atoms with van der Waals surface area (Å²) in [5.41, 5.74) is 0. The van der Waals surface area contributed by atoms with Crippen LogP contribution >= 0.6 is 0 Å². The first-order valence-corrected chi connectivity index (χ1v) is 9.30. The van der Waals surface area contributed by atoms with E-state index >= 15 is 0 Å². The first kappa shape index (κ1) is 19.7. The highest BCUT2D eigenvalue weighted by atomic mass is 16.5. The number of hydrogen-bond acceptors (Lipinski definition) is 6. The van der Waals surface area contributed by atoms with Gasteiger partial charge in [0.2, 0.25) is 5.91 Å². The zero-order valence-corrected chi connectivity index (χ0v) is 15.0. The highest BCUT2D eigenvalue weighted by Crippen LogP contribution is 2.18. The molecule has 7 heteroatoms. The van der Waals surface area contributed by atoms with Crippen molar-refractivity contribution in [1.82, 2.24) is 14.7 Å². The van der Waals surface area contributed by atoms with Gasteiger partial charge in [-0.05, 0) is 25.8 Å². The lowest BCUT2D eigenvalue weighted by Gasteiger charge is -2.34. The van der Waals surface area contributed by atoms with Crippen LogP contribution in [0.4, 0.5) is 0 Å². The van der Waals surface area contributed by atoms with E-state index in [4.69, 9.17) is 15.3 Å². The highest BCUT2D eigenvalue weighted by molar-refractivity contribution is 5.78. The van der Waals surface area contributed by atoms with E-state index in [0.717, 1.165) is 52.2 Å². The molecule has 2 aliphatic rings. The van der Waals surface area contributed by atoms with Gasteiger partial charge in [0.25, 0.3) is 0 Å². The molecule has 0 saturated carbocycles. The van der Waals surface area contributed by atoms with Gasteiger partial charge < -0.3 is 9.64 Å². The van der Waals surface area contributed by atoms with Gasteiger partial charge in [0, 0.05) is 38.8 Å². The first-order chi connectivity index (χ1) is 12.2. The summed E-state index contributed by atoms with van der Waals surface area (Å²) in [5.74, 6) is 0.0373. The second-order valence-electron chi connectivity index (χ2n) is 6.71. The second kappa shape index (κ2) is 11.0. The van der Waals surface area contributed by atoms with Crippen LogP contribution in [0.1, 0.15) is 32.1 Å². The molecule has 0 aromatic rings. The van der Waals surface area contributed by atoms with Crippen molar-refractivity contribution in [2.75, 3.05) is 59.0 Å². The summed E-state index contributed by atoms with van der Waals surface area (Å²) in [4.78, 5) is 19.0. The monoisotopic (exact) mass is 347 g/mol. The molecule has 0 radical (unpaired) electrons. The van der Waals surface area contributed by atoms with Crippen molar-refractivity contribution in [3.63, 3.8) is 0 Å². The molecule has 0 bridgehead atoms. The standard InChI is InChI=1S/C18H29N5O2/c19-6-2-9-23(10-3-7-20)18(24)16-21-8-1-4-17(5-11-21)22-12-14-25-15-13-22/h17H,1-5,8-16H2/t17-/m1/s1. The molecule has 25 heavy (non-hydrogen) atoms. The SMILES string of the molecule is N#CCCN(CCC#N)C(=O)CN1CCC[C@@H](N2CCOCC2)CC1. The lowest BCUT2D eigenvalue weighted by Crippen LogP contribution is -2.44. The van der Waals surface area contributed by atoms with Gasteiger partial charge in [0.15, 0.2) is 0 Å². The van der Waals surface area contributed by atoms with Gasteiger partial charge in [-0.15, -0.1) is 0 Å². The molecule has 0 unspecified atom stereocenters. The van der Waals surface area contributed by atoms with Crippen LogP contribution in [0, 0.1) is 22.7 Å². The van der Waals surface area contributed by atoms with E-state index in [-0.39, 0.29) is 5.91 Å². The number of rotatable bonds is 7. The van der Waals surface area contributed by atoms with Gasteiger partial charge >= 0.3 is 0 Å². The number of carbonyl (C=O) groups excluding carboxylic acids is 1. The molecule has 7 nitrogen and oxygen atoms in total. The predicted molar refractivity (Wildman–Crippen MR) is 93.5 cm³/mol. The van der Waals surface area contributed by atoms with Crippen molar-refractivity contribution < 1.29 is 9.53 Å². The fourth-order valence-corrected chi connectivity index (χ4v) is 3.63. The predicted octanol–water partition coefficient (Wildman–Crippen LogP) is 0.829. The molecule has 0 aromatic heterocycles. The molecule has 138 valence electrons. The van der Waals surface area contributed by atoms with Gasteiger partial charge in [-0.2, -0.15) is 10.5 Å². The summed E-state index contributed by atoms with van der Waals surface area (Å²) >= 11 is 0. The van der Waals surface area contributed by atoms with E-state index in [1.54, 1.807) is 4.90 Å². The van der Waals surface area contributed by atoms with Gasteiger partial charge in [0.05, 0.1) is 44.7 Å². The zero-order valence-electron chi connectivity index (χ0n) is 15.0. The molecular weight excluding hydrogens is 318 g/mol. The van der Waals surface area contributed by atoms with E-state index < -0.39 is 0 Å². The Morgan fingerprint density at radius 3 is 2.36 bits per heavy atom. The summed E-state index contributed by atoms with van der Waals surface area (Å²) in [6.07, 6.45) is 4.00. The van der Waals surface area contributed by atoms with Crippen LogP contribution in [0.2, 0.25) is 0 Å². The second-order valence-corrected chi connectivity index (χ2v) is 6.71. The lowest BCUT2D eigenvalue weighted by atomic mass is 10.1. The van der Waals surface area contributed by atoms with Crippen LogP contribution < -0.4 is 0 Å². The molecule has 2 saturated heterocycles. The molecule has 0 aliphatic carbocycles. The largest absolute Gasteiger partial charge is 0.379 e. The minimum atomic E-state index is 0.0373. The number of likely N-dealkylation sites (tertiary alicyclic amines) is 1. The fraction of sp³-hybridized carbons (Fsp3) is 0.833. The number of carbonyl (C=O) groups is 1. The molecule has 0 N–H and O–H groups in total. The smallest absolute Gasteiger partial charge is 0.236 e. The summed E-state index contributed by atoms with van der Waals surface area (Å²) in [6.45, 7) is 6.78. The average Bonchev–Trinajstić information content (AvgIpc) is 2.88. The fourth-order valence-electron chi connectivity index (χ4n) is 3.63. The average molecular weight is 347 g/mol. The van der Waals surface area contributed by atoms with Gasteiger partial charge in [-0.1, -0.05) is 0 Å². The van der Waals surface area contributed by atoms with Crippen molar-refractivity contribution in [3.8, 4) is 12.1 Å². The minimum absolute atomic E-state index is 0.0373. The molecule has 2 fully saturated rings. The topological polar surface area (TPSA) is 83.6 Å². The van der Waals surface area contributed by atoms with Crippen LogP contribution in [-0.4, -0.2) is 85.7 Å². The Morgan fingerprint density at radius 1 is 1.04 bits per heavy atom. The lowest BCUT2D eigenvalue weighted by molar-refractivity contribution is -0.132. The summed E-state index contributed by atoms with van der Waals surface area (Å²) in [6, 6.07) is 4.75. The molecule has 1 amide bonds. The molecule has 0 aromatic carbocycles. The Hall–Kier alpha value is -1.67. The summed E-state index contributed by atoms with van der Waals surface area (Å²) in [7, 11) is 0.